The summed E-state index contributed by atoms with van der Waals surface area (Å²) in [6.45, 7) is 5.64. The number of aromatic nitrogens is 1. The number of quaternary nitrogens is 1. The van der Waals surface area contributed by atoms with Crippen molar-refractivity contribution in [1.29, 1.82) is 0 Å². The molecule has 3 atom stereocenters. The topological polar surface area (TPSA) is 84.2 Å². The smallest absolute Gasteiger partial charge is 0.308 e. The molecule has 0 spiro atoms. The maximum Gasteiger partial charge on any atom is 0.308 e. The van der Waals surface area contributed by atoms with E-state index in [9.17, 15) is 14.7 Å². The average Bonchev–Trinajstić information content (AvgIpc) is 3.64. The molecule has 3 heterocycles. The Kier molecular flexibility index (Phi) is 10.4. The van der Waals surface area contributed by atoms with E-state index in [-0.39, 0.29) is 31.2 Å². The molecule has 226 valence electrons. The predicted molar refractivity (Wildman–Crippen MR) is 159 cm³/mol. The summed E-state index contributed by atoms with van der Waals surface area (Å²) in [5, 5.41) is 10.5. The maximum atomic E-state index is 13.8. The van der Waals surface area contributed by atoms with Crippen molar-refractivity contribution in [3.05, 3.63) is 47.8 Å². The summed E-state index contributed by atoms with van der Waals surface area (Å²) in [6, 6.07) is 9.58. The Morgan fingerprint density at radius 3 is 2.51 bits per heavy atom. The van der Waals surface area contributed by atoms with Crippen LogP contribution in [0, 0.1) is 5.92 Å². The van der Waals surface area contributed by atoms with Crippen molar-refractivity contribution in [2.75, 3.05) is 60.7 Å². The minimum atomic E-state index is -0.817. The molecule has 1 amide bonds. The van der Waals surface area contributed by atoms with Gasteiger partial charge < -0.3 is 28.5 Å². The van der Waals surface area contributed by atoms with Gasteiger partial charge in [0.25, 0.3) is 0 Å². The number of nitrogens with zero attached hydrogens (tertiary/aromatic N) is 4. The molecular formula is C32H49N4O5+. The third kappa shape index (κ3) is 8.04. The van der Waals surface area contributed by atoms with E-state index in [1.165, 1.54) is 0 Å². The minimum Gasteiger partial charge on any atom is -0.481 e. The molecule has 0 aliphatic carbocycles. The molecule has 1 aromatic carbocycles. The van der Waals surface area contributed by atoms with E-state index < -0.39 is 11.9 Å². The van der Waals surface area contributed by atoms with Gasteiger partial charge in [0.2, 0.25) is 12.7 Å². The van der Waals surface area contributed by atoms with E-state index in [1.54, 1.807) is 0 Å². The van der Waals surface area contributed by atoms with Crippen molar-refractivity contribution in [2.45, 2.75) is 57.4 Å². The molecule has 0 saturated carbocycles. The number of amides is 1. The zero-order chi connectivity index (χ0) is 29.6. The van der Waals surface area contributed by atoms with E-state index in [4.69, 9.17) is 9.47 Å². The number of hydrogen-bond donors (Lipinski definition) is 1. The van der Waals surface area contributed by atoms with Gasteiger partial charge in [-0.1, -0.05) is 19.4 Å². The number of benzene rings is 1. The van der Waals surface area contributed by atoms with Crippen molar-refractivity contribution in [2.24, 2.45) is 13.0 Å². The highest BCUT2D eigenvalue weighted by atomic mass is 16.7. The molecule has 2 aromatic rings. The fourth-order valence-electron chi connectivity index (χ4n) is 6.26. The average molecular weight is 570 g/mol. The Hall–Kier alpha value is -3.04. The summed E-state index contributed by atoms with van der Waals surface area (Å²) in [5.74, 6) is -0.256. The van der Waals surface area contributed by atoms with Gasteiger partial charge in [-0.3, -0.25) is 14.5 Å². The van der Waals surface area contributed by atoms with Gasteiger partial charge in [0.15, 0.2) is 11.5 Å². The van der Waals surface area contributed by atoms with E-state index in [0.717, 1.165) is 67.5 Å². The number of carbonyl (C=O) groups is 2. The van der Waals surface area contributed by atoms with Gasteiger partial charge in [0, 0.05) is 50.5 Å². The predicted octanol–water partition coefficient (Wildman–Crippen LogP) is 3.97. The second-order valence-electron chi connectivity index (χ2n) is 12.7. The minimum absolute atomic E-state index is 0.100. The van der Waals surface area contributed by atoms with Gasteiger partial charge in [0.05, 0.1) is 40.2 Å². The Balaban J connectivity index is 1.54. The number of likely N-dealkylation sites (tertiary alicyclic amines) is 1. The Morgan fingerprint density at radius 2 is 1.83 bits per heavy atom. The van der Waals surface area contributed by atoms with Gasteiger partial charge in [-0.15, -0.1) is 0 Å². The zero-order valence-corrected chi connectivity index (χ0v) is 25.6. The number of fused-ring (bicyclic) bond motifs is 1. The van der Waals surface area contributed by atoms with E-state index in [2.05, 4.69) is 43.6 Å². The van der Waals surface area contributed by atoms with Crippen molar-refractivity contribution >= 4 is 11.9 Å². The summed E-state index contributed by atoms with van der Waals surface area (Å²) in [4.78, 5) is 30.8. The lowest BCUT2D eigenvalue weighted by Crippen LogP contribution is -2.45. The van der Waals surface area contributed by atoms with E-state index in [0.29, 0.717) is 24.5 Å². The SMILES string of the molecule is CCCCN(CCCC[N+](C)(C)C)C(=O)CN1C[C@H](c2ccc3c(c2)OCO3)C(C(=O)O)[C@@H]1CCc1cccn1C. The van der Waals surface area contributed by atoms with Crippen LogP contribution in [0.2, 0.25) is 0 Å². The van der Waals surface area contributed by atoms with Crippen molar-refractivity contribution in [1.82, 2.24) is 14.4 Å². The van der Waals surface area contributed by atoms with Crippen molar-refractivity contribution in [3.63, 3.8) is 0 Å². The first kappa shape index (κ1) is 30.9. The molecule has 41 heavy (non-hydrogen) atoms. The van der Waals surface area contributed by atoms with E-state index in [1.807, 2.05) is 42.4 Å². The summed E-state index contributed by atoms with van der Waals surface area (Å²) >= 11 is 0. The van der Waals surface area contributed by atoms with Crippen LogP contribution < -0.4 is 9.47 Å². The van der Waals surface area contributed by atoms with Crippen LogP contribution in [0.1, 0.15) is 56.2 Å². The highest BCUT2D eigenvalue weighted by molar-refractivity contribution is 5.79. The van der Waals surface area contributed by atoms with E-state index >= 15 is 0 Å². The Bertz CT molecular complexity index is 1170. The van der Waals surface area contributed by atoms with Crippen LogP contribution in [-0.4, -0.2) is 103 Å². The molecule has 1 N–H and O–H groups in total. The molecule has 2 aliphatic heterocycles. The van der Waals surface area contributed by atoms with Gasteiger partial charge in [0.1, 0.15) is 0 Å². The van der Waals surface area contributed by atoms with Crippen molar-refractivity contribution < 1.29 is 28.7 Å². The largest absolute Gasteiger partial charge is 0.481 e. The lowest BCUT2D eigenvalue weighted by molar-refractivity contribution is -0.870. The molecule has 9 nitrogen and oxygen atoms in total. The summed E-state index contributed by atoms with van der Waals surface area (Å²) in [6.07, 6.45) is 7.46. The Morgan fingerprint density at radius 1 is 1.07 bits per heavy atom. The number of rotatable bonds is 15. The fourth-order valence-corrected chi connectivity index (χ4v) is 6.26. The van der Waals surface area contributed by atoms with Crippen LogP contribution in [0.3, 0.4) is 0 Å². The molecule has 1 fully saturated rings. The standard InChI is InChI=1S/C32H48N4O5/c1-6-7-17-34(18-8-9-19-36(3,4)5)30(37)22-35-21-26(24-12-15-28-29(20-24)41-23-40-28)31(32(38)39)27(35)14-13-25-11-10-16-33(25)2/h10-12,15-16,20,26-27,31H,6-9,13-14,17-19,21-23H2,1-5H3/p+1/t26-,27+,31?/m1/s1. The van der Waals surface area contributed by atoms with Crippen LogP contribution in [-0.2, 0) is 23.1 Å². The number of aliphatic carboxylic acids is 1. The van der Waals surface area contributed by atoms with Crippen molar-refractivity contribution in [3.8, 4) is 11.5 Å². The molecule has 9 heteroatoms. The molecule has 1 unspecified atom stereocenters. The molecular weight excluding hydrogens is 520 g/mol. The summed E-state index contributed by atoms with van der Waals surface area (Å²) < 4.78 is 14.1. The first-order valence-corrected chi connectivity index (χ1v) is 15.1. The number of carboxylic acid groups (broad SMARTS) is 1. The number of carbonyl (C=O) groups excluding carboxylic acids is 1. The van der Waals surface area contributed by atoms with Gasteiger partial charge in [-0.25, -0.2) is 0 Å². The second kappa shape index (κ2) is 13.7. The van der Waals surface area contributed by atoms with Crippen LogP contribution in [0.5, 0.6) is 11.5 Å². The number of hydrogen-bond acceptors (Lipinski definition) is 5. The quantitative estimate of drug-likeness (QED) is 0.258. The highest BCUT2D eigenvalue weighted by Crippen LogP contribution is 2.43. The molecule has 0 bridgehead atoms. The monoisotopic (exact) mass is 569 g/mol. The van der Waals surface area contributed by atoms with Gasteiger partial charge in [-0.2, -0.15) is 0 Å². The first-order chi connectivity index (χ1) is 19.6. The molecule has 4 rings (SSSR count). The number of unbranched alkanes of at least 4 members (excludes halogenated alkanes) is 2. The number of aryl methyl sites for hydroxylation is 2. The van der Waals surface area contributed by atoms with Crippen LogP contribution >= 0.6 is 0 Å². The second-order valence-corrected chi connectivity index (χ2v) is 12.7. The molecule has 0 radical (unpaired) electrons. The lowest BCUT2D eigenvalue weighted by Gasteiger charge is -2.30. The van der Waals surface area contributed by atoms with Crippen LogP contribution in [0.4, 0.5) is 0 Å². The van der Waals surface area contributed by atoms with Crippen LogP contribution in [0.25, 0.3) is 0 Å². The van der Waals surface area contributed by atoms with Gasteiger partial charge in [-0.05, 0) is 61.9 Å². The lowest BCUT2D eigenvalue weighted by atomic mass is 9.83. The number of carboxylic acids is 1. The third-order valence-corrected chi connectivity index (χ3v) is 8.59. The molecule has 1 aromatic heterocycles. The van der Waals surface area contributed by atoms with Gasteiger partial charge >= 0.3 is 5.97 Å². The molecule has 2 aliphatic rings. The first-order valence-electron chi connectivity index (χ1n) is 15.1. The summed E-state index contributed by atoms with van der Waals surface area (Å²) in [7, 11) is 8.59. The zero-order valence-electron chi connectivity index (χ0n) is 25.6. The molecule has 1 saturated heterocycles. The summed E-state index contributed by atoms with van der Waals surface area (Å²) in [5.41, 5.74) is 2.08. The fraction of sp³-hybridized carbons (Fsp3) is 0.625. The third-order valence-electron chi connectivity index (χ3n) is 8.59. The highest BCUT2D eigenvalue weighted by Gasteiger charge is 2.47. The normalized spacial score (nSPS) is 20.5. The van der Waals surface area contributed by atoms with Crippen LogP contribution in [0.15, 0.2) is 36.5 Å². The Labute approximate surface area is 245 Å². The number of ether oxygens (including phenoxy) is 2. The maximum absolute atomic E-state index is 13.8.